The quantitative estimate of drug-likeness (QED) is 0.844. The van der Waals surface area contributed by atoms with Crippen LogP contribution in [0.5, 0.6) is 0 Å². The fourth-order valence-electron chi connectivity index (χ4n) is 2.65. The molecule has 2 aromatic rings. The van der Waals surface area contributed by atoms with Gasteiger partial charge in [-0.1, -0.05) is 18.2 Å². The first-order valence-electron chi connectivity index (χ1n) is 6.79. The molecule has 0 radical (unpaired) electrons. The van der Waals surface area contributed by atoms with Crippen molar-refractivity contribution in [1.29, 1.82) is 0 Å². The van der Waals surface area contributed by atoms with Gasteiger partial charge in [0.05, 0.1) is 0 Å². The highest BCUT2D eigenvalue weighted by Gasteiger charge is 2.14. The number of anilines is 1. The summed E-state index contributed by atoms with van der Waals surface area (Å²) in [5.41, 5.74) is 0.00528. The molecule has 0 amide bonds. The molecule has 0 aliphatic carbocycles. The van der Waals surface area contributed by atoms with Crippen LogP contribution in [0, 0.1) is 0 Å². The Hall–Kier alpha value is -1.81. The van der Waals surface area contributed by atoms with Crippen LogP contribution >= 0.6 is 0 Å². The third-order valence-electron chi connectivity index (χ3n) is 3.80. The Bertz CT molecular complexity index is 635. The normalized spacial score (nSPS) is 17.6. The fraction of sp³-hybridized carbons (Fsp3) is 0.400. The van der Waals surface area contributed by atoms with E-state index in [0.29, 0.717) is 0 Å². The van der Waals surface area contributed by atoms with E-state index in [1.165, 1.54) is 0 Å². The molecule has 3 rings (SSSR count). The lowest BCUT2D eigenvalue weighted by Crippen LogP contribution is -2.30. The van der Waals surface area contributed by atoms with Gasteiger partial charge in [-0.15, -0.1) is 0 Å². The molecule has 100 valence electrons. The van der Waals surface area contributed by atoms with Gasteiger partial charge in [-0.2, -0.15) is 0 Å². The average molecular weight is 257 g/mol. The Morgan fingerprint density at radius 3 is 2.84 bits per heavy atom. The van der Waals surface area contributed by atoms with Crippen LogP contribution < -0.4 is 10.5 Å². The fourth-order valence-corrected chi connectivity index (χ4v) is 2.65. The largest absolute Gasteiger partial charge is 0.357 e. The number of benzene rings is 1. The Morgan fingerprint density at radius 1 is 1.11 bits per heavy atom. The van der Waals surface area contributed by atoms with E-state index < -0.39 is 0 Å². The second-order valence-corrected chi connectivity index (χ2v) is 5.21. The lowest BCUT2D eigenvalue weighted by atomic mass is 10.1. The van der Waals surface area contributed by atoms with E-state index in [4.69, 9.17) is 0 Å². The van der Waals surface area contributed by atoms with Gasteiger partial charge in [-0.25, -0.2) is 0 Å². The molecule has 2 heterocycles. The first kappa shape index (κ1) is 12.2. The highest BCUT2D eigenvalue weighted by atomic mass is 16.1. The molecule has 0 atom stereocenters. The standard InChI is InChI=1S/C15H19N3O/c1-17-7-4-8-18(10-9-17)14-11-12-5-2-3-6-13(12)15(19)16-14/h2-3,5-6,11H,4,7-10H2,1H3,(H,16,19). The molecule has 19 heavy (non-hydrogen) atoms. The van der Waals surface area contributed by atoms with Gasteiger partial charge < -0.3 is 14.8 Å². The summed E-state index contributed by atoms with van der Waals surface area (Å²) < 4.78 is 0. The second-order valence-electron chi connectivity index (χ2n) is 5.21. The molecule has 1 fully saturated rings. The monoisotopic (exact) mass is 257 g/mol. The predicted molar refractivity (Wildman–Crippen MR) is 78.9 cm³/mol. The predicted octanol–water partition coefficient (Wildman–Crippen LogP) is 1.67. The van der Waals surface area contributed by atoms with Gasteiger partial charge in [0, 0.05) is 25.0 Å². The number of aromatic nitrogens is 1. The summed E-state index contributed by atoms with van der Waals surface area (Å²) in [5.74, 6) is 0.944. The minimum absolute atomic E-state index is 0.00528. The third-order valence-corrected chi connectivity index (χ3v) is 3.80. The summed E-state index contributed by atoms with van der Waals surface area (Å²) in [4.78, 5) is 19.7. The molecule has 1 saturated heterocycles. The molecule has 4 heteroatoms. The number of hydrogen-bond donors (Lipinski definition) is 1. The maximum absolute atomic E-state index is 12.1. The summed E-state index contributed by atoms with van der Waals surface area (Å²) in [6.45, 7) is 4.12. The van der Waals surface area contributed by atoms with Gasteiger partial charge in [-0.3, -0.25) is 4.79 Å². The van der Waals surface area contributed by atoms with E-state index in [-0.39, 0.29) is 5.56 Å². The van der Waals surface area contributed by atoms with Gasteiger partial charge in [0.15, 0.2) is 0 Å². The molecule has 1 N–H and O–H groups in total. The maximum atomic E-state index is 12.1. The van der Waals surface area contributed by atoms with Crippen molar-refractivity contribution < 1.29 is 0 Å². The van der Waals surface area contributed by atoms with Crippen LogP contribution in [0.3, 0.4) is 0 Å². The van der Waals surface area contributed by atoms with Gasteiger partial charge >= 0.3 is 0 Å². The number of nitrogens with zero attached hydrogens (tertiary/aromatic N) is 2. The van der Waals surface area contributed by atoms with E-state index >= 15 is 0 Å². The Kier molecular flexibility index (Phi) is 3.25. The first-order valence-corrected chi connectivity index (χ1v) is 6.79. The van der Waals surface area contributed by atoms with Gasteiger partial charge in [-0.05, 0) is 37.5 Å². The molecular formula is C15H19N3O. The Morgan fingerprint density at radius 2 is 1.95 bits per heavy atom. The molecule has 4 nitrogen and oxygen atoms in total. The van der Waals surface area contributed by atoms with E-state index in [9.17, 15) is 4.79 Å². The smallest absolute Gasteiger partial charge is 0.257 e. The molecule has 1 aromatic carbocycles. The van der Waals surface area contributed by atoms with Crippen LogP contribution in [-0.4, -0.2) is 43.1 Å². The van der Waals surface area contributed by atoms with Crippen molar-refractivity contribution in [2.24, 2.45) is 0 Å². The lowest BCUT2D eigenvalue weighted by Gasteiger charge is -2.22. The topological polar surface area (TPSA) is 39.3 Å². The Balaban J connectivity index is 1.98. The van der Waals surface area contributed by atoms with Crippen molar-refractivity contribution in [2.45, 2.75) is 6.42 Å². The van der Waals surface area contributed by atoms with Crippen molar-refractivity contribution in [3.05, 3.63) is 40.7 Å². The SMILES string of the molecule is CN1CCCN(c2cc3ccccc3c(=O)[nH]2)CC1. The van der Waals surface area contributed by atoms with Crippen LogP contribution in [0.15, 0.2) is 35.1 Å². The third kappa shape index (κ3) is 2.49. The molecule has 1 aliphatic rings. The number of nitrogens with one attached hydrogen (secondary N) is 1. The van der Waals surface area contributed by atoms with Gasteiger partial charge in [0.1, 0.15) is 5.82 Å². The molecular weight excluding hydrogens is 238 g/mol. The summed E-state index contributed by atoms with van der Waals surface area (Å²) in [7, 11) is 2.15. The van der Waals surface area contributed by atoms with Crippen LogP contribution in [0.25, 0.3) is 10.8 Å². The first-order chi connectivity index (χ1) is 9.24. The number of fused-ring (bicyclic) bond motifs is 1. The molecule has 0 bridgehead atoms. The molecule has 0 unspecified atom stereocenters. The number of pyridine rings is 1. The highest BCUT2D eigenvalue weighted by Crippen LogP contribution is 2.17. The highest BCUT2D eigenvalue weighted by molar-refractivity contribution is 5.83. The van der Waals surface area contributed by atoms with Crippen molar-refractivity contribution >= 4 is 16.6 Å². The summed E-state index contributed by atoms with van der Waals surface area (Å²) in [6.07, 6.45) is 1.13. The maximum Gasteiger partial charge on any atom is 0.257 e. The zero-order valence-corrected chi connectivity index (χ0v) is 11.2. The number of hydrogen-bond acceptors (Lipinski definition) is 3. The van der Waals surface area contributed by atoms with E-state index in [0.717, 1.165) is 49.2 Å². The zero-order chi connectivity index (χ0) is 13.2. The van der Waals surface area contributed by atoms with E-state index in [1.54, 1.807) is 0 Å². The van der Waals surface area contributed by atoms with Crippen LogP contribution in [0.2, 0.25) is 0 Å². The summed E-state index contributed by atoms with van der Waals surface area (Å²) in [6, 6.07) is 9.83. The van der Waals surface area contributed by atoms with E-state index in [1.807, 2.05) is 24.3 Å². The number of aromatic amines is 1. The zero-order valence-electron chi connectivity index (χ0n) is 11.2. The molecule has 0 saturated carbocycles. The van der Waals surface area contributed by atoms with Crippen LogP contribution in [0.4, 0.5) is 5.82 Å². The lowest BCUT2D eigenvalue weighted by molar-refractivity contribution is 0.360. The van der Waals surface area contributed by atoms with Crippen molar-refractivity contribution in [2.75, 3.05) is 38.1 Å². The minimum Gasteiger partial charge on any atom is -0.357 e. The van der Waals surface area contributed by atoms with Gasteiger partial charge in [0.25, 0.3) is 5.56 Å². The number of rotatable bonds is 1. The molecule has 1 aliphatic heterocycles. The van der Waals surface area contributed by atoms with Gasteiger partial charge in [0.2, 0.25) is 0 Å². The number of likely N-dealkylation sites (N-methyl/N-ethyl adjacent to an activating group) is 1. The minimum atomic E-state index is 0.00528. The molecule has 0 spiro atoms. The van der Waals surface area contributed by atoms with Crippen molar-refractivity contribution in [3.8, 4) is 0 Å². The molecule has 1 aromatic heterocycles. The van der Waals surface area contributed by atoms with Crippen molar-refractivity contribution in [1.82, 2.24) is 9.88 Å². The number of H-pyrrole nitrogens is 1. The average Bonchev–Trinajstić information content (AvgIpc) is 2.63. The second kappa shape index (κ2) is 5.05. The summed E-state index contributed by atoms with van der Waals surface area (Å²) >= 11 is 0. The van der Waals surface area contributed by atoms with Crippen LogP contribution in [0.1, 0.15) is 6.42 Å². The van der Waals surface area contributed by atoms with E-state index in [2.05, 4.69) is 27.9 Å². The Labute approximate surface area is 112 Å². The summed E-state index contributed by atoms with van der Waals surface area (Å²) in [5, 5.41) is 1.78. The van der Waals surface area contributed by atoms with Crippen molar-refractivity contribution in [3.63, 3.8) is 0 Å². The van der Waals surface area contributed by atoms with Crippen LogP contribution in [-0.2, 0) is 0 Å².